The van der Waals surface area contributed by atoms with Gasteiger partial charge < -0.3 is 10.2 Å². The first-order valence-corrected chi connectivity index (χ1v) is 17.2. The molecule has 0 radical (unpaired) electrons. The highest BCUT2D eigenvalue weighted by atomic mass is 31.2. The third kappa shape index (κ3) is 8.46. The van der Waals surface area contributed by atoms with Gasteiger partial charge in [-0.1, -0.05) is 63.2 Å². The summed E-state index contributed by atoms with van der Waals surface area (Å²) in [6.45, 7) is 9.09. The van der Waals surface area contributed by atoms with Crippen molar-refractivity contribution in [3.8, 4) is 0 Å². The van der Waals surface area contributed by atoms with Gasteiger partial charge in [0.15, 0.2) is 5.78 Å². The second kappa shape index (κ2) is 15.0. The minimum Gasteiger partial charge on any atom is -0.344 e. The van der Waals surface area contributed by atoms with Crippen molar-refractivity contribution in [2.45, 2.75) is 65.1 Å². The Morgan fingerprint density at radius 3 is 2.34 bits per heavy atom. The van der Waals surface area contributed by atoms with E-state index in [0.717, 1.165) is 30.7 Å². The largest absolute Gasteiger partial charge is 0.433 e. The number of ketones is 1. The van der Waals surface area contributed by atoms with Gasteiger partial charge in [-0.25, -0.2) is 5.26 Å². The summed E-state index contributed by atoms with van der Waals surface area (Å²) in [7, 11) is -5.78. The molecule has 0 aromatic heterocycles. The van der Waals surface area contributed by atoms with Gasteiger partial charge in [0, 0.05) is 38.9 Å². The van der Waals surface area contributed by atoms with Gasteiger partial charge in [0.2, 0.25) is 11.8 Å². The van der Waals surface area contributed by atoms with Crippen molar-refractivity contribution in [3.05, 3.63) is 71.8 Å². The van der Waals surface area contributed by atoms with E-state index in [1.54, 1.807) is 11.8 Å². The lowest BCUT2D eigenvalue weighted by atomic mass is 9.77. The van der Waals surface area contributed by atoms with E-state index in [1.807, 2.05) is 51.1 Å². The van der Waals surface area contributed by atoms with Gasteiger partial charge in [0.05, 0.1) is 0 Å². The summed E-state index contributed by atoms with van der Waals surface area (Å²) < 4.78 is 50.0. The van der Waals surface area contributed by atoms with Gasteiger partial charge in [0.25, 0.3) is 0 Å². The number of hydrogen-bond acceptors (Lipinski definition) is 7. The molecule has 2 aromatic carbocycles. The minimum atomic E-state index is -5.16. The summed E-state index contributed by atoms with van der Waals surface area (Å²) in [5.41, 5.74) is -3.74. The smallest absolute Gasteiger partial charge is 0.344 e. The minimum absolute atomic E-state index is 0.127. The molecule has 240 valence electrons. The van der Waals surface area contributed by atoms with Crippen molar-refractivity contribution in [2.75, 3.05) is 18.1 Å². The molecule has 1 saturated heterocycles. The molecule has 13 heteroatoms. The van der Waals surface area contributed by atoms with E-state index in [2.05, 4.69) is 14.3 Å². The van der Waals surface area contributed by atoms with E-state index >= 15 is 0 Å². The number of carbonyl (C=O) groups is 3. The summed E-state index contributed by atoms with van der Waals surface area (Å²) in [5.74, 6) is -1.66. The number of para-hydroxylation sites is 1. The number of hydrogen-bond donors (Lipinski definition) is 2. The molecule has 2 aromatic rings. The van der Waals surface area contributed by atoms with Crippen molar-refractivity contribution < 1.29 is 42.0 Å². The Labute approximate surface area is 258 Å². The number of carbonyl (C=O) groups excluding carboxylic acids is 3. The van der Waals surface area contributed by atoms with E-state index in [9.17, 15) is 27.7 Å². The molecule has 1 aliphatic heterocycles. The van der Waals surface area contributed by atoms with Gasteiger partial charge in [-0.2, -0.15) is 8.78 Å². The molecule has 2 N–H and O–H groups in total. The Balaban J connectivity index is 1.74. The summed E-state index contributed by atoms with van der Waals surface area (Å²) >= 11 is 0. The number of rotatable bonds is 12. The zero-order valence-electron chi connectivity index (χ0n) is 25.5. The second-order valence-electron chi connectivity index (χ2n) is 11.8. The standard InChI is InChI=1S/C31H40F2N2O7P2/c1-21(22-14-16-23(17-15-22)31(32,33)44(40,41-39)42-43-5)19-25(36)20-26(30(2,3)4)28(37)34-27-13-9-10-18-35(29(27)38)24-11-7-6-8-12-24/h6-8,11-12,14-17,19,26-27,39,43H,9-10,13,18,20H2,1-5H3,(H,34,37)/b21-19+/t26-,27?,44?/m1/s1. The highest BCUT2D eigenvalue weighted by Crippen LogP contribution is 2.68. The average molecular weight is 653 g/mol. The Hall–Kier alpha value is -2.81. The fourth-order valence-electron chi connectivity index (χ4n) is 5.02. The third-order valence-corrected chi connectivity index (χ3v) is 10.4. The number of amides is 2. The predicted molar refractivity (Wildman–Crippen MR) is 168 cm³/mol. The first kappa shape index (κ1) is 35.7. The van der Waals surface area contributed by atoms with E-state index in [4.69, 9.17) is 5.26 Å². The van der Waals surface area contributed by atoms with Crippen LogP contribution in [0.5, 0.6) is 0 Å². The zero-order chi connectivity index (χ0) is 32.7. The van der Waals surface area contributed by atoms with Crippen molar-refractivity contribution in [2.24, 2.45) is 11.3 Å². The molecule has 44 heavy (non-hydrogen) atoms. The molecule has 2 amide bonds. The van der Waals surface area contributed by atoms with Crippen LogP contribution in [0.4, 0.5) is 14.5 Å². The van der Waals surface area contributed by atoms with Crippen LogP contribution < -0.4 is 10.2 Å². The number of alkyl halides is 2. The lowest BCUT2D eigenvalue weighted by Gasteiger charge is -2.31. The predicted octanol–water partition coefficient (Wildman–Crippen LogP) is 7.39. The van der Waals surface area contributed by atoms with Crippen LogP contribution >= 0.6 is 16.4 Å². The number of nitrogens with zero attached hydrogens (tertiary/aromatic N) is 1. The van der Waals surface area contributed by atoms with Crippen LogP contribution in [0.2, 0.25) is 0 Å². The molecule has 3 unspecified atom stereocenters. The van der Waals surface area contributed by atoms with E-state index < -0.39 is 45.0 Å². The molecule has 0 bridgehead atoms. The van der Waals surface area contributed by atoms with Crippen molar-refractivity contribution in [3.63, 3.8) is 0 Å². The van der Waals surface area contributed by atoms with Crippen LogP contribution in [0.25, 0.3) is 5.57 Å². The molecular formula is C31H40F2N2O7P2. The number of benzene rings is 2. The molecule has 0 spiro atoms. The Kier molecular flexibility index (Phi) is 12.1. The van der Waals surface area contributed by atoms with Crippen LogP contribution in [-0.2, 0) is 33.6 Å². The Morgan fingerprint density at radius 2 is 1.77 bits per heavy atom. The van der Waals surface area contributed by atoms with Gasteiger partial charge in [0.1, 0.15) is 6.04 Å². The van der Waals surface area contributed by atoms with Crippen LogP contribution in [0, 0.1) is 11.3 Å². The van der Waals surface area contributed by atoms with E-state index in [-0.39, 0.29) is 24.0 Å². The molecule has 1 fully saturated rings. The average Bonchev–Trinajstić information content (AvgIpc) is 3.16. The maximum absolute atomic E-state index is 14.8. The van der Waals surface area contributed by atoms with Crippen molar-refractivity contribution in [1.82, 2.24) is 5.32 Å². The van der Waals surface area contributed by atoms with E-state index in [1.165, 1.54) is 24.9 Å². The summed E-state index contributed by atoms with van der Waals surface area (Å²) in [4.78, 5) is 41.8. The maximum atomic E-state index is 14.8. The number of nitrogens with one attached hydrogen (secondary N) is 1. The molecule has 3 rings (SSSR count). The van der Waals surface area contributed by atoms with Crippen molar-refractivity contribution >= 4 is 45.3 Å². The van der Waals surface area contributed by atoms with Gasteiger partial charge in [-0.15, -0.1) is 4.67 Å². The van der Waals surface area contributed by atoms with Crippen molar-refractivity contribution in [1.29, 1.82) is 0 Å². The number of allylic oxidation sites excluding steroid dienone is 2. The molecule has 0 aliphatic carbocycles. The Bertz CT molecular complexity index is 1400. The van der Waals surface area contributed by atoms with Gasteiger partial charge in [-0.05, 0) is 67.6 Å². The molecular weight excluding hydrogens is 612 g/mol. The quantitative estimate of drug-likeness (QED) is 0.106. The lowest BCUT2D eigenvalue weighted by molar-refractivity contribution is -0.159. The maximum Gasteiger partial charge on any atom is 0.433 e. The van der Waals surface area contributed by atoms with Crippen LogP contribution in [0.1, 0.15) is 64.5 Å². The first-order valence-electron chi connectivity index (χ1n) is 14.3. The summed E-state index contributed by atoms with van der Waals surface area (Å²) in [6.07, 6.45) is 3.28. The summed E-state index contributed by atoms with van der Waals surface area (Å²) in [5, 5.41) is 11.8. The third-order valence-electron chi connectivity index (χ3n) is 7.57. The summed E-state index contributed by atoms with van der Waals surface area (Å²) in [6, 6.07) is 13.3. The molecule has 1 heterocycles. The first-order chi connectivity index (χ1) is 20.6. The molecule has 9 nitrogen and oxygen atoms in total. The highest BCUT2D eigenvalue weighted by molar-refractivity contribution is 7.60. The normalized spacial score (nSPS) is 19.0. The van der Waals surface area contributed by atoms with E-state index in [0.29, 0.717) is 24.1 Å². The van der Waals surface area contributed by atoms with Gasteiger partial charge in [-0.3, -0.25) is 23.3 Å². The highest BCUT2D eigenvalue weighted by Gasteiger charge is 2.55. The fourth-order valence-corrected chi connectivity index (χ4v) is 7.15. The van der Waals surface area contributed by atoms with Crippen LogP contribution in [-0.4, -0.2) is 42.1 Å². The zero-order valence-corrected chi connectivity index (χ0v) is 27.4. The van der Waals surface area contributed by atoms with Gasteiger partial charge >= 0.3 is 13.3 Å². The molecule has 1 aliphatic rings. The monoisotopic (exact) mass is 652 g/mol. The Morgan fingerprint density at radius 1 is 1.14 bits per heavy atom. The number of halogens is 2. The molecule has 0 saturated carbocycles. The SMILES string of the molecule is CPOP(=O)(OO)C(F)(F)c1ccc(/C(C)=C/C(=O)C[C@H](C(=O)NC2CCCCN(c3ccccc3)C2=O)C(C)(C)C)cc1. The molecule has 4 atom stereocenters. The number of anilines is 1. The topological polar surface area (TPSA) is 122 Å². The lowest BCUT2D eigenvalue weighted by Crippen LogP contribution is -2.51. The van der Waals surface area contributed by atoms with Crippen LogP contribution in [0.3, 0.4) is 0 Å². The fraction of sp³-hybridized carbons (Fsp3) is 0.452. The second-order valence-corrected chi connectivity index (χ2v) is 14.7. The van der Waals surface area contributed by atoms with Crippen LogP contribution in [0.15, 0.2) is 60.7 Å².